The van der Waals surface area contributed by atoms with E-state index in [0.717, 1.165) is 11.8 Å². The van der Waals surface area contributed by atoms with E-state index in [1.807, 2.05) is 0 Å². The molecule has 2 aromatic rings. The van der Waals surface area contributed by atoms with Crippen molar-refractivity contribution in [3.05, 3.63) is 29.2 Å². The number of ether oxygens (including phenoxy) is 1. The Morgan fingerprint density at radius 3 is 3.11 bits per heavy atom. The molecule has 0 N–H and O–H groups in total. The smallest absolute Gasteiger partial charge is 0.396 e. The summed E-state index contributed by atoms with van der Waals surface area (Å²) in [5, 5.41) is 8.46. The third-order valence-electron chi connectivity index (χ3n) is 1.77. The van der Waals surface area contributed by atoms with Crippen molar-refractivity contribution in [3.8, 4) is 0 Å². The number of nitrogens with zero attached hydrogens (tertiary/aromatic N) is 3. The number of hydrogen-bond donors (Lipinski definition) is 0. The lowest BCUT2D eigenvalue weighted by Crippen LogP contribution is -2.04. The van der Waals surface area contributed by atoms with Gasteiger partial charge >= 0.3 is 11.9 Å². The van der Waals surface area contributed by atoms with Gasteiger partial charge in [-0.05, 0) is 30.8 Å². The summed E-state index contributed by atoms with van der Waals surface area (Å²) in [5.41, 5.74) is 0. The number of hydrogen-bond acceptors (Lipinski definition) is 7. The lowest BCUT2D eigenvalue weighted by Gasteiger charge is -1.97. The van der Waals surface area contributed by atoms with Crippen molar-refractivity contribution in [2.24, 2.45) is 0 Å². The standard InChI is InChI=1S/C10H8ClN3O3S/c1-2-16-9(15)7-13-14-10(17-7)18-8-6(11)4-3-5-12-8/h3-5H,2H2,1H3. The molecule has 0 aliphatic rings. The first kappa shape index (κ1) is 12.8. The minimum atomic E-state index is -0.649. The van der Waals surface area contributed by atoms with Gasteiger partial charge in [-0.2, -0.15) is 0 Å². The molecule has 2 aromatic heterocycles. The predicted molar refractivity (Wildman–Crippen MR) is 63.6 cm³/mol. The molecule has 0 radical (unpaired) electrons. The van der Waals surface area contributed by atoms with Crippen molar-refractivity contribution < 1.29 is 13.9 Å². The number of aromatic nitrogens is 3. The average Bonchev–Trinajstić information content (AvgIpc) is 2.81. The maximum absolute atomic E-state index is 11.3. The highest BCUT2D eigenvalue weighted by molar-refractivity contribution is 7.99. The molecule has 18 heavy (non-hydrogen) atoms. The number of rotatable bonds is 4. The molecule has 6 nitrogen and oxygen atoms in total. The van der Waals surface area contributed by atoms with Crippen LogP contribution < -0.4 is 0 Å². The average molecular weight is 286 g/mol. The van der Waals surface area contributed by atoms with Crippen molar-refractivity contribution in [2.75, 3.05) is 6.61 Å². The molecule has 8 heteroatoms. The molecule has 0 spiro atoms. The van der Waals surface area contributed by atoms with Gasteiger partial charge in [0, 0.05) is 6.20 Å². The van der Waals surface area contributed by atoms with Gasteiger partial charge in [-0.3, -0.25) is 0 Å². The number of halogens is 1. The van der Waals surface area contributed by atoms with Gasteiger partial charge in [0.2, 0.25) is 0 Å². The fourth-order valence-corrected chi connectivity index (χ4v) is 1.94. The first-order valence-electron chi connectivity index (χ1n) is 4.99. The van der Waals surface area contributed by atoms with Crippen LogP contribution in [-0.2, 0) is 4.74 Å². The van der Waals surface area contributed by atoms with Crippen LogP contribution in [0.15, 0.2) is 33.0 Å². The number of carbonyl (C=O) groups is 1. The first-order valence-corrected chi connectivity index (χ1v) is 6.19. The molecule has 0 amide bonds. The Balaban J connectivity index is 2.12. The first-order chi connectivity index (χ1) is 8.70. The van der Waals surface area contributed by atoms with Gasteiger partial charge in [0.25, 0.3) is 5.22 Å². The Kier molecular flexibility index (Phi) is 4.16. The molecular weight excluding hydrogens is 278 g/mol. The molecule has 0 saturated carbocycles. The van der Waals surface area contributed by atoms with Crippen LogP contribution in [0.2, 0.25) is 5.02 Å². The highest BCUT2D eigenvalue weighted by Crippen LogP contribution is 2.30. The Labute approximate surface area is 112 Å². The van der Waals surface area contributed by atoms with Crippen LogP contribution in [0, 0.1) is 0 Å². The molecule has 0 aromatic carbocycles. The third kappa shape index (κ3) is 2.99. The van der Waals surface area contributed by atoms with Crippen LogP contribution >= 0.6 is 23.4 Å². The van der Waals surface area contributed by atoms with Crippen LogP contribution in [0.25, 0.3) is 0 Å². The third-order valence-corrected chi connectivity index (χ3v) is 3.04. The van der Waals surface area contributed by atoms with E-state index >= 15 is 0 Å². The number of carbonyl (C=O) groups excluding carboxylic acids is 1. The van der Waals surface area contributed by atoms with Gasteiger partial charge in [0.15, 0.2) is 0 Å². The summed E-state index contributed by atoms with van der Waals surface area (Å²) >= 11 is 7.01. The fourth-order valence-electron chi connectivity index (χ4n) is 1.06. The largest absolute Gasteiger partial charge is 0.459 e. The molecule has 0 bridgehead atoms. The van der Waals surface area contributed by atoms with Gasteiger partial charge in [-0.15, -0.1) is 5.10 Å². The lowest BCUT2D eigenvalue weighted by atomic mass is 10.5. The molecule has 0 saturated heterocycles. The molecule has 0 atom stereocenters. The van der Waals surface area contributed by atoms with Crippen molar-refractivity contribution in [1.82, 2.24) is 15.2 Å². The topological polar surface area (TPSA) is 78.1 Å². The van der Waals surface area contributed by atoms with Crippen molar-refractivity contribution in [2.45, 2.75) is 17.2 Å². The van der Waals surface area contributed by atoms with Crippen LogP contribution in [0.5, 0.6) is 0 Å². The van der Waals surface area contributed by atoms with Gasteiger partial charge in [-0.1, -0.05) is 16.7 Å². The Bertz CT molecular complexity index is 561. The molecule has 2 rings (SSSR count). The monoisotopic (exact) mass is 285 g/mol. The normalized spacial score (nSPS) is 10.3. The predicted octanol–water partition coefficient (Wildman–Crippen LogP) is 2.45. The van der Waals surface area contributed by atoms with E-state index in [-0.39, 0.29) is 17.7 Å². The van der Waals surface area contributed by atoms with Gasteiger partial charge in [0.05, 0.1) is 11.6 Å². The summed E-state index contributed by atoms with van der Waals surface area (Å²) in [6.07, 6.45) is 1.59. The molecule has 0 fully saturated rings. The van der Waals surface area contributed by atoms with E-state index in [2.05, 4.69) is 15.2 Å². The van der Waals surface area contributed by atoms with E-state index in [9.17, 15) is 4.79 Å². The molecule has 0 aliphatic carbocycles. The molecular formula is C10H8ClN3O3S. The second kappa shape index (κ2) is 5.83. The number of esters is 1. The van der Waals surface area contributed by atoms with Crippen LogP contribution in [0.3, 0.4) is 0 Å². The van der Waals surface area contributed by atoms with Crippen molar-refractivity contribution in [3.63, 3.8) is 0 Å². The van der Waals surface area contributed by atoms with E-state index in [1.165, 1.54) is 0 Å². The highest BCUT2D eigenvalue weighted by atomic mass is 35.5. The minimum Gasteiger partial charge on any atom is -0.459 e. The van der Waals surface area contributed by atoms with Crippen molar-refractivity contribution in [1.29, 1.82) is 0 Å². The quantitative estimate of drug-likeness (QED) is 0.798. The zero-order valence-electron chi connectivity index (χ0n) is 9.29. The van der Waals surface area contributed by atoms with Crippen LogP contribution in [-0.4, -0.2) is 27.8 Å². The zero-order chi connectivity index (χ0) is 13.0. The highest BCUT2D eigenvalue weighted by Gasteiger charge is 2.17. The minimum absolute atomic E-state index is 0.179. The summed E-state index contributed by atoms with van der Waals surface area (Å²) in [6, 6.07) is 3.41. The van der Waals surface area contributed by atoms with E-state index in [4.69, 9.17) is 20.8 Å². The summed E-state index contributed by atoms with van der Waals surface area (Å²) in [4.78, 5) is 15.4. The lowest BCUT2D eigenvalue weighted by molar-refractivity contribution is 0.0475. The second-order valence-electron chi connectivity index (χ2n) is 2.99. The maximum atomic E-state index is 11.3. The van der Waals surface area contributed by atoms with Crippen LogP contribution in [0.1, 0.15) is 17.6 Å². The maximum Gasteiger partial charge on any atom is 0.396 e. The number of pyridine rings is 1. The summed E-state index contributed by atoms with van der Waals surface area (Å²) in [6.45, 7) is 1.94. The molecule has 0 unspecified atom stereocenters. The van der Waals surface area contributed by atoms with E-state index in [0.29, 0.717) is 10.0 Å². The van der Waals surface area contributed by atoms with Crippen LogP contribution in [0.4, 0.5) is 0 Å². The molecule has 2 heterocycles. The second-order valence-corrected chi connectivity index (χ2v) is 4.33. The Morgan fingerprint density at radius 1 is 1.56 bits per heavy atom. The summed E-state index contributed by atoms with van der Waals surface area (Å²) in [5.74, 6) is -0.838. The Morgan fingerprint density at radius 2 is 2.39 bits per heavy atom. The SMILES string of the molecule is CCOC(=O)c1nnc(Sc2ncccc2Cl)o1. The van der Waals surface area contributed by atoms with E-state index < -0.39 is 5.97 Å². The Hall–Kier alpha value is -1.60. The molecule has 0 aliphatic heterocycles. The molecule has 94 valence electrons. The summed E-state index contributed by atoms with van der Waals surface area (Å²) < 4.78 is 9.85. The zero-order valence-corrected chi connectivity index (χ0v) is 10.9. The van der Waals surface area contributed by atoms with Gasteiger partial charge in [-0.25, -0.2) is 9.78 Å². The van der Waals surface area contributed by atoms with Gasteiger partial charge in [0.1, 0.15) is 5.03 Å². The fraction of sp³-hybridized carbons (Fsp3) is 0.200. The van der Waals surface area contributed by atoms with E-state index in [1.54, 1.807) is 25.3 Å². The summed E-state index contributed by atoms with van der Waals surface area (Å²) in [7, 11) is 0. The van der Waals surface area contributed by atoms with Crippen molar-refractivity contribution >= 4 is 29.3 Å². The van der Waals surface area contributed by atoms with Gasteiger partial charge < -0.3 is 9.15 Å².